The van der Waals surface area contributed by atoms with Crippen molar-refractivity contribution in [2.24, 2.45) is 0 Å². The summed E-state index contributed by atoms with van der Waals surface area (Å²) in [5.41, 5.74) is 1.43. The van der Waals surface area contributed by atoms with Crippen LogP contribution in [0, 0.1) is 6.92 Å². The standard InChI is InChI=1S/C15H14N2O4/c1-10-9-13(21-16-10)15(19)20-12-6-4-11(5-7-12)17-8-2-3-14(17)18/h4-7,9H,2-3,8H2,1H3. The second-order valence-corrected chi connectivity index (χ2v) is 4.86. The molecule has 1 aliphatic heterocycles. The van der Waals surface area contributed by atoms with Gasteiger partial charge < -0.3 is 14.2 Å². The van der Waals surface area contributed by atoms with Crippen molar-refractivity contribution >= 4 is 17.6 Å². The van der Waals surface area contributed by atoms with E-state index < -0.39 is 5.97 Å². The number of rotatable bonds is 3. The smallest absolute Gasteiger partial charge is 0.382 e. The Morgan fingerprint density at radius 2 is 2.10 bits per heavy atom. The molecule has 6 heteroatoms. The summed E-state index contributed by atoms with van der Waals surface area (Å²) in [6.45, 7) is 2.46. The van der Waals surface area contributed by atoms with Gasteiger partial charge >= 0.3 is 5.97 Å². The quantitative estimate of drug-likeness (QED) is 0.639. The van der Waals surface area contributed by atoms with E-state index in [4.69, 9.17) is 9.26 Å². The van der Waals surface area contributed by atoms with Gasteiger partial charge in [-0.15, -0.1) is 0 Å². The summed E-state index contributed by atoms with van der Waals surface area (Å²) in [4.78, 5) is 25.2. The zero-order valence-corrected chi connectivity index (χ0v) is 11.5. The van der Waals surface area contributed by atoms with E-state index in [0.717, 1.165) is 18.7 Å². The third-order valence-corrected chi connectivity index (χ3v) is 3.26. The first-order valence-corrected chi connectivity index (χ1v) is 6.69. The van der Waals surface area contributed by atoms with Crippen LogP contribution in [0.15, 0.2) is 34.9 Å². The average Bonchev–Trinajstić information content (AvgIpc) is 3.08. The first-order chi connectivity index (χ1) is 10.1. The van der Waals surface area contributed by atoms with E-state index in [9.17, 15) is 9.59 Å². The van der Waals surface area contributed by atoms with E-state index in [2.05, 4.69) is 5.16 Å². The summed E-state index contributed by atoms with van der Waals surface area (Å²) >= 11 is 0. The van der Waals surface area contributed by atoms with Crippen molar-refractivity contribution in [2.75, 3.05) is 11.4 Å². The number of benzene rings is 1. The monoisotopic (exact) mass is 286 g/mol. The Bertz CT molecular complexity index is 675. The normalized spacial score (nSPS) is 14.5. The summed E-state index contributed by atoms with van der Waals surface area (Å²) in [5.74, 6) is -0.0202. The van der Waals surface area contributed by atoms with Crippen LogP contribution in [0.3, 0.4) is 0 Å². The highest BCUT2D eigenvalue weighted by molar-refractivity contribution is 5.95. The van der Waals surface area contributed by atoms with E-state index >= 15 is 0 Å². The number of esters is 1. The van der Waals surface area contributed by atoms with E-state index in [1.807, 2.05) is 0 Å². The van der Waals surface area contributed by atoms with E-state index in [-0.39, 0.29) is 11.7 Å². The molecule has 0 N–H and O–H groups in total. The zero-order chi connectivity index (χ0) is 14.8. The molecule has 21 heavy (non-hydrogen) atoms. The second kappa shape index (κ2) is 5.40. The molecule has 1 saturated heterocycles. The van der Waals surface area contributed by atoms with Gasteiger partial charge in [0.1, 0.15) is 5.75 Å². The van der Waals surface area contributed by atoms with Gasteiger partial charge in [-0.25, -0.2) is 4.79 Å². The van der Waals surface area contributed by atoms with Gasteiger partial charge in [-0.3, -0.25) is 4.79 Å². The van der Waals surface area contributed by atoms with Crippen LogP contribution in [0.4, 0.5) is 5.69 Å². The van der Waals surface area contributed by atoms with Crippen LogP contribution in [0.2, 0.25) is 0 Å². The van der Waals surface area contributed by atoms with Gasteiger partial charge in [0.2, 0.25) is 11.7 Å². The summed E-state index contributed by atoms with van der Waals surface area (Å²) in [5, 5.41) is 3.63. The number of carbonyl (C=O) groups is 2. The Morgan fingerprint density at radius 3 is 2.67 bits per heavy atom. The van der Waals surface area contributed by atoms with Crippen LogP contribution in [0.5, 0.6) is 5.75 Å². The van der Waals surface area contributed by atoms with Crippen molar-refractivity contribution in [3.8, 4) is 5.75 Å². The van der Waals surface area contributed by atoms with Crippen molar-refractivity contribution in [1.82, 2.24) is 5.16 Å². The number of ether oxygens (including phenoxy) is 1. The molecule has 1 aromatic carbocycles. The molecule has 108 valence electrons. The van der Waals surface area contributed by atoms with Crippen LogP contribution >= 0.6 is 0 Å². The number of amides is 1. The summed E-state index contributed by atoms with van der Waals surface area (Å²) in [6.07, 6.45) is 1.46. The molecule has 1 aliphatic rings. The van der Waals surface area contributed by atoms with Gasteiger partial charge in [0, 0.05) is 24.7 Å². The molecule has 1 amide bonds. The number of hydrogen-bond donors (Lipinski definition) is 0. The lowest BCUT2D eigenvalue weighted by atomic mass is 10.3. The maximum absolute atomic E-state index is 11.8. The molecule has 0 spiro atoms. The van der Waals surface area contributed by atoms with Crippen LogP contribution in [-0.4, -0.2) is 23.6 Å². The summed E-state index contributed by atoms with van der Waals surface area (Å²) < 4.78 is 10.0. The fourth-order valence-corrected chi connectivity index (χ4v) is 2.23. The van der Waals surface area contributed by atoms with Crippen molar-refractivity contribution in [3.63, 3.8) is 0 Å². The highest BCUT2D eigenvalue weighted by Gasteiger charge is 2.21. The first-order valence-electron chi connectivity index (χ1n) is 6.69. The number of anilines is 1. The lowest BCUT2D eigenvalue weighted by Gasteiger charge is -2.15. The van der Waals surface area contributed by atoms with Crippen LogP contribution in [0.25, 0.3) is 0 Å². The third kappa shape index (κ3) is 2.79. The molecule has 0 saturated carbocycles. The number of aryl methyl sites for hydroxylation is 1. The van der Waals surface area contributed by atoms with E-state index in [0.29, 0.717) is 17.9 Å². The topological polar surface area (TPSA) is 72.6 Å². The highest BCUT2D eigenvalue weighted by Crippen LogP contribution is 2.24. The van der Waals surface area contributed by atoms with Crippen LogP contribution in [-0.2, 0) is 4.79 Å². The van der Waals surface area contributed by atoms with Crippen molar-refractivity contribution < 1.29 is 18.8 Å². The van der Waals surface area contributed by atoms with Crippen molar-refractivity contribution in [1.29, 1.82) is 0 Å². The maximum Gasteiger partial charge on any atom is 0.382 e. The number of carbonyl (C=O) groups excluding carboxylic acids is 2. The predicted molar refractivity (Wildman–Crippen MR) is 74.2 cm³/mol. The van der Waals surface area contributed by atoms with E-state index in [1.165, 1.54) is 6.07 Å². The minimum atomic E-state index is -0.597. The van der Waals surface area contributed by atoms with Gasteiger partial charge in [0.05, 0.1) is 5.69 Å². The zero-order valence-electron chi connectivity index (χ0n) is 11.5. The third-order valence-electron chi connectivity index (χ3n) is 3.26. The highest BCUT2D eigenvalue weighted by atomic mass is 16.6. The Hall–Kier alpha value is -2.63. The number of nitrogens with zero attached hydrogens (tertiary/aromatic N) is 2. The first kappa shape index (κ1) is 13.4. The molecule has 0 atom stereocenters. The van der Waals surface area contributed by atoms with Gasteiger partial charge in [0.15, 0.2) is 0 Å². The Balaban J connectivity index is 1.69. The fraction of sp³-hybridized carbons (Fsp3) is 0.267. The van der Waals surface area contributed by atoms with Gasteiger partial charge in [-0.05, 0) is 37.6 Å². The van der Waals surface area contributed by atoms with Gasteiger partial charge in [-0.2, -0.15) is 0 Å². The lowest BCUT2D eigenvalue weighted by molar-refractivity contribution is -0.117. The number of aromatic nitrogens is 1. The summed E-state index contributed by atoms with van der Waals surface area (Å²) in [7, 11) is 0. The fourth-order valence-electron chi connectivity index (χ4n) is 2.23. The molecule has 2 heterocycles. The molecule has 1 aromatic heterocycles. The van der Waals surface area contributed by atoms with Gasteiger partial charge in [0.25, 0.3) is 0 Å². The molecule has 2 aromatic rings. The summed E-state index contributed by atoms with van der Waals surface area (Å²) in [6, 6.07) is 8.35. The SMILES string of the molecule is Cc1cc(C(=O)Oc2ccc(N3CCCC3=O)cc2)on1. The lowest BCUT2D eigenvalue weighted by Crippen LogP contribution is -2.23. The Kier molecular flexibility index (Phi) is 3.43. The molecular weight excluding hydrogens is 272 g/mol. The molecule has 0 aliphatic carbocycles. The predicted octanol–water partition coefficient (Wildman–Crippen LogP) is 2.33. The minimum absolute atomic E-state index is 0.0614. The Morgan fingerprint density at radius 1 is 1.33 bits per heavy atom. The largest absolute Gasteiger partial charge is 0.421 e. The minimum Gasteiger partial charge on any atom is -0.421 e. The molecular formula is C15H14N2O4. The van der Waals surface area contributed by atoms with Crippen LogP contribution < -0.4 is 9.64 Å². The van der Waals surface area contributed by atoms with Crippen molar-refractivity contribution in [3.05, 3.63) is 41.8 Å². The molecule has 0 unspecified atom stereocenters. The maximum atomic E-state index is 11.8. The molecule has 6 nitrogen and oxygen atoms in total. The van der Waals surface area contributed by atoms with E-state index in [1.54, 1.807) is 36.1 Å². The molecule has 0 radical (unpaired) electrons. The number of hydrogen-bond acceptors (Lipinski definition) is 5. The molecule has 0 bridgehead atoms. The van der Waals surface area contributed by atoms with Gasteiger partial charge in [-0.1, -0.05) is 5.16 Å². The van der Waals surface area contributed by atoms with Crippen LogP contribution in [0.1, 0.15) is 29.1 Å². The van der Waals surface area contributed by atoms with Crippen molar-refractivity contribution in [2.45, 2.75) is 19.8 Å². The molecule has 3 rings (SSSR count). The Labute approximate surface area is 121 Å². The second-order valence-electron chi connectivity index (χ2n) is 4.86. The molecule has 1 fully saturated rings. The average molecular weight is 286 g/mol.